The zero-order valence-electron chi connectivity index (χ0n) is 10.6. The maximum absolute atomic E-state index is 13.4. The summed E-state index contributed by atoms with van der Waals surface area (Å²) >= 11 is 3.11. The number of rotatable bonds is 3. The summed E-state index contributed by atoms with van der Waals surface area (Å²) in [5.41, 5.74) is 0.510. The van der Waals surface area contributed by atoms with E-state index in [2.05, 4.69) is 22.9 Å². The van der Waals surface area contributed by atoms with Gasteiger partial charge in [0.2, 0.25) is 0 Å². The van der Waals surface area contributed by atoms with Crippen LogP contribution < -0.4 is 0 Å². The van der Waals surface area contributed by atoms with Crippen molar-refractivity contribution in [2.24, 2.45) is 11.8 Å². The smallest absolute Gasteiger partial charge is 0.166 e. The molecule has 3 heteroatoms. The highest BCUT2D eigenvalue weighted by atomic mass is 79.9. The minimum absolute atomic E-state index is 0.0911. The van der Waals surface area contributed by atoms with Crippen molar-refractivity contribution in [3.05, 3.63) is 34.1 Å². The lowest BCUT2D eigenvalue weighted by molar-refractivity contribution is 0.0870. The van der Waals surface area contributed by atoms with E-state index in [1.807, 2.05) is 0 Å². The third-order valence-corrected chi connectivity index (χ3v) is 4.64. The molecule has 1 aliphatic carbocycles. The second-order valence-electron chi connectivity index (χ2n) is 5.12. The number of hydrogen-bond donors (Lipinski definition) is 0. The highest BCUT2D eigenvalue weighted by Crippen LogP contribution is 2.32. The summed E-state index contributed by atoms with van der Waals surface area (Å²) in [4.78, 5) is 12.3. The standard InChI is InChI=1S/C15H18BrFO/c1-2-10-3-5-11(6-4-10)15(18)12-7-8-13(16)14(17)9-12/h7-11H,2-6H2,1H3. The number of Topliss-reactive ketones (excluding diaryl/α,β-unsaturated/α-hetero) is 1. The average Bonchev–Trinajstić information content (AvgIpc) is 2.41. The monoisotopic (exact) mass is 312 g/mol. The number of carbonyl (C=O) groups excluding carboxylic acids is 1. The van der Waals surface area contributed by atoms with Gasteiger partial charge >= 0.3 is 0 Å². The van der Waals surface area contributed by atoms with Crippen molar-refractivity contribution in [1.29, 1.82) is 0 Å². The molecule has 0 heterocycles. The first-order valence-electron chi connectivity index (χ1n) is 6.61. The number of halogens is 2. The van der Waals surface area contributed by atoms with Gasteiger partial charge in [0.25, 0.3) is 0 Å². The molecule has 1 aliphatic rings. The summed E-state index contributed by atoms with van der Waals surface area (Å²) in [6.07, 6.45) is 5.37. The number of hydrogen-bond acceptors (Lipinski definition) is 1. The Morgan fingerprint density at radius 3 is 2.56 bits per heavy atom. The van der Waals surface area contributed by atoms with Crippen LogP contribution in [-0.2, 0) is 0 Å². The molecule has 1 aromatic carbocycles. The number of benzene rings is 1. The van der Waals surface area contributed by atoms with E-state index in [0.717, 1.165) is 31.6 Å². The molecule has 98 valence electrons. The minimum Gasteiger partial charge on any atom is -0.294 e. The van der Waals surface area contributed by atoms with Crippen molar-refractivity contribution in [2.75, 3.05) is 0 Å². The zero-order valence-corrected chi connectivity index (χ0v) is 12.2. The topological polar surface area (TPSA) is 17.1 Å². The summed E-state index contributed by atoms with van der Waals surface area (Å²) in [6, 6.07) is 4.67. The molecule has 18 heavy (non-hydrogen) atoms. The fraction of sp³-hybridized carbons (Fsp3) is 0.533. The summed E-state index contributed by atoms with van der Waals surface area (Å²) in [5, 5.41) is 0. The molecule has 0 atom stereocenters. The summed E-state index contributed by atoms with van der Waals surface area (Å²) in [6.45, 7) is 2.21. The molecule has 0 amide bonds. The van der Waals surface area contributed by atoms with Gasteiger partial charge in [-0.3, -0.25) is 4.79 Å². The summed E-state index contributed by atoms with van der Waals surface area (Å²) in [5.74, 6) is 0.614. The summed E-state index contributed by atoms with van der Waals surface area (Å²) < 4.78 is 13.8. The summed E-state index contributed by atoms with van der Waals surface area (Å²) in [7, 11) is 0. The van der Waals surface area contributed by atoms with Crippen molar-refractivity contribution < 1.29 is 9.18 Å². The van der Waals surface area contributed by atoms with Gasteiger partial charge in [-0.05, 0) is 59.7 Å². The molecule has 1 saturated carbocycles. The fourth-order valence-electron chi connectivity index (χ4n) is 2.72. The Kier molecular flexibility index (Phi) is 4.55. The second-order valence-corrected chi connectivity index (χ2v) is 5.97. The predicted octanol–water partition coefficient (Wildman–Crippen LogP) is 4.99. The van der Waals surface area contributed by atoms with Crippen LogP contribution in [0.3, 0.4) is 0 Å². The number of carbonyl (C=O) groups is 1. The van der Waals surface area contributed by atoms with Crippen LogP contribution >= 0.6 is 15.9 Å². The van der Waals surface area contributed by atoms with E-state index in [9.17, 15) is 9.18 Å². The first-order valence-corrected chi connectivity index (χ1v) is 7.40. The molecular weight excluding hydrogens is 295 g/mol. The highest BCUT2D eigenvalue weighted by Gasteiger charge is 2.26. The van der Waals surface area contributed by atoms with Crippen molar-refractivity contribution in [1.82, 2.24) is 0 Å². The molecule has 2 rings (SSSR count). The van der Waals surface area contributed by atoms with Gasteiger partial charge in [0.1, 0.15) is 5.82 Å². The van der Waals surface area contributed by atoms with E-state index in [0.29, 0.717) is 10.0 Å². The first-order chi connectivity index (χ1) is 8.61. The molecule has 1 aromatic rings. The lowest BCUT2D eigenvalue weighted by Crippen LogP contribution is -2.21. The van der Waals surface area contributed by atoms with E-state index >= 15 is 0 Å². The predicted molar refractivity (Wildman–Crippen MR) is 74.2 cm³/mol. The van der Waals surface area contributed by atoms with Gasteiger partial charge in [-0.25, -0.2) is 4.39 Å². The van der Waals surface area contributed by atoms with Gasteiger partial charge in [-0.1, -0.05) is 19.4 Å². The fourth-order valence-corrected chi connectivity index (χ4v) is 2.96. The Morgan fingerprint density at radius 2 is 2.00 bits per heavy atom. The van der Waals surface area contributed by atoms with Crippen molar-refractivity contribution in [3.63, 3.8) is 0 Å². The molecule has 0 saturated heterocycles. The molecule has 0 bridgehead atoms. The molecule has 1 nitrogen and oxygen atoms in total. The molecule has 0 spiro atoms. The average molecular weight is 313 g/mol. The van der Waals surface area contributed by atoms with Crippen LogP contribution in [0.25, 0.3) is 0 Å². The Morgan fingerprint density at radius 1 is 1.33 bits per heavy atom. The van der Waals surface area contributed by atoms with Gasteiger partial charge in [-0.2, -0.15) is 0 Å². The van der Waals surface area contributed by atoms with Gasteiger partial charge in [0.15, 0.2) is 5.78 Å². The largest absolute Gasteiger partial charge is 0.294 e. The second kappa shape index (κ2) is 5.96. The van der Waals surface area contributed by atoms with Crippen LogP contribution in [0.4, 0.5) is 4.39 Å². The Bertz CT molecular complexity index is 436. The van der Waals surface area contributed by atoms with Crippen molar-refractivity contribution >= 4 is 21.7 Å². The Labute approximate surface area is 116 Å². The quantitative estimate of drug-likeness (QED) is 0.719. The van der Waals surface area contributed by atoms with E-state index in [1.54, 1.807) is 12.1 Å². The van der Waals surface area contributed by atoms with E-state index < -0.39 is 0 Å². The van der Waals surface area contributed by atoms with Crippen LogP contribution in [-0.4, -0.2) is 5.78 Å². The molecule has 0 unspecified atom stereocenters. The lowest BCUT2D eigenvalue weighted by Gasteiger charge is -2.26. The molecular formula is C15H18BrFO. The normalized spacial score (nSPS) is 23.9. The van der Waals surface area contributed by atoms with Crippen LogP contribution in [0.5, 0.6) is 0 Å². The third-order valence-electron chi connectivity index (χ3n) is 4.00. The third kappa shape index (κ3) is 3.00. The maximum atomic E-state index is 13.4. The van der Waals surface area contributed by atoms with Crippen LogP contribution in [0.1, 0.15) is 49.4 Å². The van der Waals surface area contributed by atoms with Crippen LogP contribution in [0.15, 0.2) is 22.7 Å². The highest BCUT2D eigenvalue weighted by molar-refractivity contribution is 9.10. The number of ketones is 1. The van der Waals surface area contributed by atoms with E-state index in [-0.39, 0.29) is 17.5 Å². The van der Waals surface area contributed by atoms with E-state index in [4.69, 9.17) is 0 Å². The van der Waals surface area contributed by atoms with Crippen LogP contribution in [0.2, 0.25) is 0 Å². The minimum atomic E-state index is -0.358. The van der Waals surface area contributed by atoms with Crippen LogP contribution in [0, 0.1) is 17.7 Å². The first kappa shape index (κ1) is 13.7. The van der Waals surface area contributed by atoms with Crippen molar-refractivity contribution in [2.45, 2.75) is 39.0 Å². The van der Waals surface area contributed by atoms with Gasteiger partial charge in [0.05, 0.1) is 4.47 Å². The van der Waals surface area contributed by atoms with Crippen molar-refractivity contribution in [3.8, 4) is 0 Å². The SMILES string of the molecule is CCC1CCC(C(=O)c2ccc(Br)c(F)c2)CC1. The molecule has 0 N–H and O–H groups in total. The van der Waals surface area contributed by atoms with E-state index in [1.165, 1.54) is 12.5 Å². The zero-order chi connectivity index (χ0) is 13.1. The Hall–Kier alpha value is -0.700. The maximum Gasteiger partial charge on any atom is 0.166 e. The van der Waals surface area contributed by atoms with Gasteiger partial charge in [-0.15, -0.1) is 0 Å². The molecule has 0 aromatic heterocycles. The molecule has 1 fully saturated rings. The Balaban J connectivity index is 2.05. The molecule has 0 aliphatic heterocycles. The lowest BCUT2D eigenvalue weighted by atomic mass is 9.78. The van der Waals surface area contributed by atoms with Gasteiger partial charge < -0.3 is 0 Å². The van der Waals surface area contributed by atoms with Gasteiger partial charge in [0, 0.05) is 11.5 Å². The molecule has 0 radical (unpaired) electrons.